The molecule has 5 fully saturated rings. The van der Waals surface area contributed by atoms with Crippen LogP contribution in [0.15, 0.2) is 54.6 Å². The van der Waals surface area contributed by atoms with Crippen LogP contribution in [-0.2, 0) is 6.42 Å². The first-order chi connectivity index (χ1) is 19.4. The third-order valence-corrected chi connectivity index (χ3v) is 9.78. The Morgan fingerprint density at radius 1 is 0.925 bits per heavy atom. The molecular weight excluding hydrogens is 501 g/mol. The van der Waals surface area contributed by atoms with Gasteiger partial charge in [0.2, 0.25) is 0 Å². The molecule has 7 heteroatoms. The van der Waals surface area contributed by atoms with Crippen molar-refractivity contribution in [3.63, 3.8) is 0 Å². The number of nitrogens with one attached hydrogen (secondary N) is 1. The molecule has 1 saturated heterocycles. The van der Waals surface area contributed by atoms with Crippen LogP contribution in [0.3, 0.4) is 0 Å². The number of carbonyl (C=O) groups is 1. The summed E-state index contributed by atoms with van der Waals surface area (Å²) in [6.45, 7) is 4.73. The SMILES string of the molecule is Cc1nc(-c2cccc(F)c2)nc(N2CCN(C(=O)NC34CC5CC(CC(C5)C3)C4)CC2)c1Cc1ccccc1. The van der Waals surface area contributed by atoms with Crippen LogP contribution in [0.2, 0.25) is 0 Å². The molecule has 1 N–H and O–H groups in total. The van der Waals surface area contributed by atoms with Gasteiger partial charge in [0.05, 0.1) is 0 Å². The molecule has 5 aliphatic rings. The van der Waals surface area contributed by atoms with E-state index < -0.39 is 0 Å². The van der Waals surface area contributed by atoms with Crippen molar-refractivity contribution in [2.75, 3.05) is 31.1 Å². The lowest BCUT2D eigenvalue weighted by molar-refractivity contribution is -0.0157. The van der Waals surface area contributed by atoms with E-state index in [2.05, 4.69) is 22.3 Å². The number of hydrogen-bond acceptors (Lipinski definition) is 4. The maximum Gasteiger partial charge on any atom is 0.317 e. The van der Waals surface area contributed by atoms with Crippen molar-refractivity contribution in [3.05, 3.63) is 77.2 Å². The van der Waals surface area contributed by atoms with Gasteiger partial charge < -0.3 is 15.1 Å². The summed E-state index contributed by atoms with van der Waals surface area (Å²) in [5, 5.41) is 3.55. The van der Waals surface area contributed by atoms with Gasteiger partial charge in [0.15, 0.2) is 5.82 Å². The van der Waals surface area contributed by atoms with Crippen molar-refractivity contribution in [2.24, 2.45) is 17.8 Å². The lowest BCUT2D eigenvalue weighted by Crippen LogP contribution is -2.63. The topological polar surface area (TPSA) is 61.4 Å². The molecule has 0 radical (unpaired) electrons. The molecule has 2 heterocycles. The Morgan fingerprint density at radius 3 is 2.25 bits per heavy atom. The van der Waals surface area contributed by atoms with Gasteiger partial charge >= 0.3 is 6.03 Å². The fourth-order valence-electron chi connectivity index (χ4n) is 8.30. The van der Waals surface area contributed by atoms with Crippen molar-refractivity contribution in [2.45, 2.75) is 57.4 Å². The van der Waals surface area contributed by atoms with Crippen molar-refractivity contribution in [1.82, 2.24) is 20.2 Å². The van der Waals surface area contributed by atoms with Gasteiger partial charge in [0, 0.05) is 55.0 Å². The van der Waals surface area contributed by atoms with E-state index in [1.807, 2.05) is 36.1 Å². The zero-order chi connectivity index (χ0) is 27.3. The van der Waals surface area contributed by atoms with Gasteiger partial charge in [-0.3, -0.25) is 0 Å². The van der Waals surface area contributed by atoms with Gasteiger partial charge in [-0.1, -0.05) is 42.5 Å². The molecule has 0 unspecified atom stereocenters. The number of benzene rings is 2. The lowest BCUT2D eigenvalue weighted by atomic mass is 9.53. The molecule has 2 aromatic carbocycles. The molecule has 40 heavy (non-hydrogen) atoms. The first-order valence-electron chi connectivity index (χ1n) is 14.9. The normalized spacial score (nSPS) is 27.2. The third-order valence-electron chi connectivity index (χ3n) is 9.78. The van der Waals surface area contributed by atoms with Crippen LogP contribution in [0.1, 0.15) is 55.3 Å². The summed E-state index contributed by atoms with van der Waals surface area (Å²) < 4.78 is 14.1. The summed E-state index contributed by atoms with van der Waals surface area (Å²) >= 11 is 0. The number of nitrogens with zero attached hydrogens (tertiary/aromatic N) is 4. The molecular formula is C33H38FN5O. The van der Waals surface area contributed by atoms with Crippen LogP contribution in [0.5, 0.6) is 0 Å². The highest BCUT2D eigenvalue weighted by Gasteiger charge is 2.51. The minimum absolute atomic E-state index is 0.0233. The molecule has 6 nitrogen and oxygen atoms in total. The van der Waals surface area contributed by atoms with E-state index in [9.17, 15) is 9.18 Å². The van der Waals surface area contributed by atoms with Crippen LogP contribution in [0.4, 0.5) is 15.0 Å². The van der Waals surface area contributed by atoms with Gasteiger partial charge in [-0.15, -0.1) is 0 Å². The monoisotopic (exact) mass is 539 g/mol. The number of piperazine rings is 1. The van der Waals surface area contributed by atoms with E-state index in [0.717, 1.165) is 60.5 Å². The highest BCUT2D eigenvalue weighted by molar-refractivity contribution is 5.75. The van der Waals surface area contributed by atoms with E-state index in [1.54, 1.807) is 6.07 Å². The summed E-state index contributed by atoms with van der Waals surface area (Å²) in [5.74, 6) is 3.54. The minimum Gasteiger partial charge on any atom is -0.353 e. The van der Waals surface area contributed by atoms with Gasteiger partial charge in [-0.05, 0) is 80.9 Å². The number of aromatic nitrogens is 2. The second-order valence-corrected chi connectivity index (χ2v) is 12.7. The van der Waals surface area contributed by atoms with Crippen molar-refractivity contribution in [1.29, 1.82) is 0 Å². The molecule has 1 aliphatic heterocycles. The predicted octanol–water partition coefficient (Wildman–Crippen LogP) is 5.98. The zero-order valence-corrected chi connectivity index (χ0v) is 23.3. The molecule has 0 atom stereocenters. The summed E-state index contributed by atoms with van der Waals surface area (Å²) in [5.41, 5.74) is 3.87. The second kappa shape index (κ2) is 10.2. The number of aryl methyl sites for hydroxylation is 1. The summed E-state index contributed by atoms with van der Waals surface area (Å²) in [4.78, 5) is 27.6. The molecule has 2 amide bonds. The van der Waals surface area contributed by atoms with E-state index >= 15 is 0 Å². The maximum atomic E-state index is 14.1. The Balaban J connectivity index is 1.11. The highest BCUT2D eigenvalue weighted by Crippen LogP contribution is 2.55. The quantitative estimate of drug-likeness (QED) is 0.433. The van der Waals surface area contributed by atoms with Crippen LogP contribution < -0.4 is 10.2 Å². The van der Waals surface area contributed by atoms with Gasteiger partial charge in [-0.2, -0.15) is 0 Å². The minimum atomic E-state index is -0.299. The Morgan fingerprint density at radius 2 is 1.60 bits per heavy atom. The predicted molar refractivity (Wildman–Crippen MR) is 155 cm³/mol. The first-order valence-corrected chi connectivity index (χ1v) is 14.9. The van der Waals surface area contributed by atoms with Gasteiger partial charge in [0.25, 0.3) is 0 Å². The molecule has 0 spiro atoms. The maximum absolute atomic E-state index is 14.1. The standard InChI is InChI=1S/C33H38FN5O/c1-22-29(17-23-6-3-2-4-7-23)31(36-30(35-22)27-8-5-9-28(34)18-27)38-10-12-39(13-11-38)32(40)37-33-19-24-14-25(20-33)16-26(15-24)21-33/h2-9,18,24-26H,10-17,19-21H2,1H3,(H,37,40). The Bertz CT molecular complexity index is 1370. The van der Waals surface area contributed by atoms with E-state index in [4.69, 9.17) is 9.97 Å². The zero-order valence-electron chi connectivity index (χ0n) is 23.3. The fourth-order valence-corrected chi connectivity index (χ4v) is 8.30. The van der Waals surface area contributed by atoms with Crippen molar-refractivity contribution in [3.8, 4) is 11.4 Å². The average Bonchev–Trinajstić information content (AvgIpc) is 2.94. The molecule has 208 valence electrons. The number of carbonyl (C=O) groups excluding carboxylic acids is 1. The second-order valence-electron chi connectivity index (χ2n) is 12.7. The number of rotatable bonds is 5. The van der Waals surface area contributed by atoms with Crippen LogP contribution in [0.25, 0.3) is 11.4 Å². The first kappa shape index (κ1) is 25.5. The fraction of sp³-hybridized carbons (Fsp3) is 0.485. The Kier molecular flexibility index (Phi) is 6.48. The average molecular weight is 540 g/mol. The Hall–Kier alpha value is -3.48. The number of anilines is 1. The number of halogens is 1. The smallest absolute Gasteiger partial charge is 0.317 e. The third kappa shape index (κ3) is 4.95. The summed E-state index contributed by atoms with van der Waals surface area (Å²) in [7, 11) is 0. The Labute approximate surface area is 236 Å². The van der Waals surface area contributed by atoms with Gasteiger partial charge in [0.1, 0.15) is 11.6 Å². The molecule has 3 aromatic rings. The van der Waals surface area contributed by atoms with Crippen molar-refractivity contribution >= 4 is 11.8 Å². The van der Waals surface area contributed by atoms with Crippen molar-refractivity contribution < 1.29 is 9.18 Å². The highest BCUT2D eigenvalue weighted by atomic mass is 19.1. The molecule has 1 aromatic heterocycles. The number of hydrogen-bond donors (Lipinski definition) is 1. The van der Waals surface area contributed by atoms with Crippen LogP contribution in [0, 0.1) is 30.5 Å². The van der Waals surface area contributed by atoms with Crippen LogP contribution >= 0.6 is 0 Å². The largest absolute Gasteiger partial charge is 0.353 e. The molecule has 4 aliphatic carbocycles. The van der Waals surface area contributed by atoms with E-state index in [-0.39, 0.29) is 17.4 Å². The molecule has 8 rings (SSSR count). The lowest BCUT2D eigenvalue weighted by Gasteiger charge is -2.57. The summed E-state index contributed by atoms with van der Waals surface area (Å²) in [6, 6.07) is 16.9. The van der Waals surface area contributed by atoms with E-state index in [1.165, 1.54) is 37.0 Å². The van der Waals surface area contributed by atoms with Gasteiger partial charge in [-0.25, -0.2) is 19.2 Å². The van der Waals surface area contributed by atoms with E-state index in [0.29, 0.717) is 37.6 Å². The number of amides is 2. The summed E-state index contributed by atoms with van der Waals surface area (Å²) in [6.07, 6.45) is 8.32. The molecule has 4 saturated carbocycles. The number of urea groups is 1. The van der Waals surface area contributed by atoms with Crippen LogP contribution in [-0.4, -0.2) is 52.6 Å². The molecule has 4 bridgehead atoms.